The van der Waals surface area contributed by atoms with Gasteiger partial charge in [-0.1, -0.05) is 0 Å². The summed E-state index contributed by atoms with van der Waals surface area (Å²) in [4.78, 5) is 25.1. The van der Waals surface area contributed by atoms with Crippen LogP contribution in [0.5, 0.6) is 0 Å². The van der Waals surface area contributed by atoms with Gasteiger partial charge in [0, 0.05) is 0 Å². The van der Waals surface area contributed by atoms with Gasteiger partial charge in [0.25, 0.3) is 0 Å². The summed E-state index contributed by atoms with van der Waals surface area (Å²) in [5, 5.41) is 0. The van der Waals surface area contributed by atoms with Crippen molar-refractivity contribution in [2.75, 3.05) is 25.5 Å². The molecule has 1 atom stereocenters. The molecule has 0 amide bonds. The third-order valence-electron chi connectivity index (χ3n) is 2.25. The van der Waals surface area contributed by atoms with Crippen molar-refractivity contribution >= 4 is 34.4 Å². The first kappa shape index (κ1) is 23.3. The number of hydrogen-bond acceptors (Lipinski definition) is 8. The number of carbonyl (C=O) groups is 2. The van der Waals surface area contributed by atoms with Gasteiger partial charge < -0.3 is 15.2 Å². The smallest absolute Gasteiger partial charge is 0.325 e. The Hall–Kier alpha value is -0.940. The Bertz CT molecular complexity index is 432. The minimum Gasteiger partial charge on any atom is -0.466 e. The molecule has 11 heteroatoms. The zero-order valence-corrected chi connectivity index (χ0v) is 14.3. The van der Waals surface area contributed by atoms with Crippen LogP contribution in [0.4, 0.5) is 0 Å². The van der Waals surface area contributed by atoms with Crippen LogP contribution in [-0.4, -0.2) is 51.9 Å². The van der Waals surface area contributed by atoms with E-state index in [0.717, 1.165) is 0 Å². The van der Waals surface area contributed by atoms with E-state index in [1.165, 1.54) is 0 Å². The monoisotopic (exact) mass is 361 g/mol. The van der Waals surface area contributed by atoms with E-state index in [4.69, 9.17) is 15.2 Å². The average Bonchev–Trinajstić information content (AvgIpc) is 2.41. The van der Waals surface area contributed by atoms with Crippen molar-refractivity contribution in [3.63, 3.8) is 0 Å². The Labute approximate surface area is 136 Å². The molecule has 0 saturated carbocycles. The minimum atomic E-state index is -3.64. The molecule has 0 unspecified atom stereocenters. The Balaban J connectivity index is 0. The van der Waals surface area contributed by atoms with Gasteiger partial charge in [0.2, 0.25) is 10.0 Å². The van der Waals surface area contributed by atoms with Crippen LogP contribution in [0, 0.1) is 0 Å². The fraction of sp³-hybridized carbons (Fsp3) is 0.818. The number of ether oxygens (including phenoxy) is 2. The molecule has 0 saturated heterocycles. The van der Waals surface area contributed by atoms with E-state index < -0.39 is 28.0 Å². The summed E-state index contributed by atoms with van der Waals surface area (Å²) in [5.41, 5.74) is 7.52. The predicted molar refractivity (Wildman–Crippen MR) is 82.6 cm³/mol. The zero-order chi connectivity index (χ0) is 16.3. The average molecular weight is 362 g/mol. The molecule has 0 aliphatic carbocycles. The lowest BCUT2D eigenvalue weighted by Gasteiger charge is -2.17. The Morgan fingerprint density at radius 1 is 1.18 bits per heavy atom. The molecule has 9 nitrogen and oxygen atoms in total. The molecule has 0 aromatic heterocycles. The molecule has 0 aromatic carbocycles. The summed E-state index contributed by atoms with van der Waals surface area (Å²) >= 11 is 0. The van der Waals surface area contributed by atoms with Crippen LogP contribution in [0.1, 0.15) is 26.7 Å². The largest absolute Gasteiger partial charge is 0.466 e. The second-order valence-corrected chi connectivity index (χ2v) is 5.86. The van der Waals surface area contributed by atoms with Crippen molar-refractivity contribution in [2.45, 2.75) is 32.7 Å². The molecule has 22 heavy (non-hydrogen) atoms. The molecule has 132 valence electrons. The predicted octanol–water partition coefficient (Wildman–Crippen LogP) is -0.934. The lowest BCUT2D eigenvalue weighted by molar-refractivity contribution is -0.152. The van der Waals surface area contributed by atoms with Crippen molar-refractivity contribution in [2.24, 2.45) is 5.73 Å². The number of nitrogens with two attached hydrogens (primary N) is 1. The number of esters is 2. The Morgan fingerprint density at radius 2 is 1.77 bits per heavy atom. The number of hydrogen-bond donors (Lipinski definition) is 3. The summed E-state index contributed by atoms with van der Waals surface area (Å²) in [6.07, 6.45) is -0.0644. The quantitative estimate of drug-likeness (QED) is 0.317. The van der Waals surface area contributed by atoms with E-state index in [0.29, 0.717) is 0 Å². The van der Waals surface area contributed by atoms with Gasteiger partial charge in [-0.25, -0.2) is 13.8 Å². The van der Waals surface area contributed by atoms with Crippen LogP contribution in [0.25, 0.3) is 0 Å². The van der Waals surface area contributed by atoms with Gasteiger partial charge in [-0.15, -0.1) is 12.4 Å². The van der Waals surface area contributed by atoms with Crippen LogP contribution < -0.4 is 16.0 Å². The lowest BCUT2D eigenvalue weighted by Crippen LogP contribution is -2.50. The van der Waals surface area contributed by atoms with Crippen molar-refractivity contribution in [1.29, 1.82) is 0 Å². The highest BCUT2D eigenvalue weighted by Crippen LogP contribution is 1.99. The second-order valence-electron chi connectivity index (χ2n) is 4.02. The molecule has 0 aliphatic rings. The zero-order valence-electron chi connectivity index (χ0n) is 12.7. The molecule has 0 rings (SSSR count). The van der Waals surface area contributed by atoms with Crippen molar-refractivity contribution < 1.29 is 27.5 Å². The maximum atomic E-state index is 11.7. The van der Waals surface area contributed by atoms with Crippen LogP contribution in [0.15, 0.2) is 0 Å². The van der Waals surface area contributed by atoms with E-state index in [1.807, 2.05) is 4.83 Å². The van der Waals surface area contributed by atoms with E-state index in [-0.39, 0.29) is 50.8 Å². The molecule has 0 bridgehead atoms. The highest BCUT2D eigenvalue weighted by molar-refractivity contribution is 7.89. The summed E-state index contributed by atoms with van der Waals surface area (Å²) in [7, 11) is -3.64. The molecular formula is C11H24ClN3O6S. The number of halogens is 1. The molecule has 0 spiro atoms. The van der Waals surface area contributed by atoms with E-state index >= 15 is 0 Å². The molecule has 0 aliphatic heterocycles. The van der Waals surface area contributed by atoms with Crippen molar-refractivity contribution in [3.05, 3.63) is 0 Å². The third kappa shape index (κ3) is 10.7. The van der Waals surface area contributed by atoms with Gasteiger partial charge >= 0.3 is 11.9 Å². The Morgan fingerprint density at radius 3 is 2.27 bits per heavy atom. The van der Waals surface area contributed by atoms with E-state index in [2.05, 4.69) is 5.43 Å². The van der Waals surface area contributed by atoms with Gasteiger partial charge in [0.1, 0.15) is 6.04 Å². The van der Waals surface area contributed by atoms with Crippen LogP contribution in [0.3, 0.4) is 0 Å². The molecule has 0 heterocycles. The van der Waals surface area contributed by atoms with Gasteiger partial charge in [0.05, 0.1) is 25.4 Å². The molecule has 4 N–H and O–H groups in total. The standard InChI is InChI=1S/C11H23N3O6S.ClH/c1-3-19-10(15)8-9(11(16)20-4-2)13-14-21(17,18)7-5-6-12;/h9,13-14H,3-8,12H2,1-2H3;1H/t9-;/m0./s1. The Kier molecular flexibility index (Phi) is 13.3. The molecular weight excluding hydrogens is 338 g/mol. The van der Waals surface area contributed by atoms with Gasteiger partial charge in [0.15, 0.2) is 0 Å². The minimum absolute atomic E-state index is 0. The molecule has 0 radical (unpaired) electrons. The first-order chi connectivity index (χ1) is 9.86. The number of rotatable bonds is 11. The first-order valence-electron chi connectivity index (χ1n) is 6.63. The van der Waals surface area contributed by atoms with Crippen LogP contribution >= 0.6 is 12.4 Å². The fourth-order valence-electron chi connectivity index (χ4n) is 1.31. The SMILES string of the molecule is CCOC(=O)C[C@H](NNS(=O)(=O)CCCN)C(=O)OCC.Cl. The third-order valence-corrected chi connectivity index (χ3v) is 3.51. The normalized spacial score (nSPS) is 12.1. The number of sulfonamides is 1. The fourth-order valence-corrected chi connectivity index (χ4v) is 2.28. The number of carbonyl (C=O) groups excluding carboxylic acids is 2. The topological polar surface area (TPSA) is 137 Å². The summed E-state index contributed by atoms with van der Waals surface area (Å²) in [6, 6.07) is -1.16. The summed E-state index contributed by atoms with van der Waals surface area (Å²) in [6.45, 7) is 3.73. The molecule has 0 fully saturated rings. The summed E-state index contributed by atoms with van der Waals surface area (Å²) < 4.78 is 32.7. The summed E-state index contributed by atoms with van der Waals surface area (Å²) in [5.74, 6) is -1.57. The van der Waals surface area contributed by atoms with E-state index in [9.17, 15) is 18.0 Å². The number of hydrazine groups is 1. The highest BCUT2D eigenvalue weighted by Gasteiger charge is 2.25. The number of nitrogens with one attached hydrogen (secondary N) is 2. The van der Waals surface area contributed by atoms with Crippen molar-refractivity contribution in [1.82, 2.24) is 10.3 Å². The van der Waals surface area contributed by atoms with Crippen LogP contribution in [0.2, 0.25) is 0 Å². The van der Waals surface area contributed by atoms with Gasteiger partial charge in [-0.2, -0.15) is 4.83 Å². The second kappa shape index (κ2) is 12.6. The van der Waals surface area contributed by atoms with Gasteiger partial charge in [-0.05, 0) is 26.8 Å². The van der Waals surface area contributed by atoms with E-state index in [1.54, 1.807) is 13.8 Å². The molecule has 0 aromatic rings. The maximum Gasteiger partial charge on any atom is 0.325 e. The van der Waals surface area contributed by atoms with Crippen molar-refractivity contribution in [3.8, 4) is 0 Å². The van der Waals surface area contributed by atoms with Gasteiger partial charge in [-0.3, -0.25) is 9.59 Å². The highest BCUT2D eigenvalue weighted by atomic mass is 35.5. The first-order valence-corrected chi connectivity index (χ1v) is 8.28. The lowest BCUT2D eigenvalue weighted by atomic mass is 10.2. The van der Waals surface area contributed by atoms with Crippen LogP contribution in [-0.2, 0) is 29.1 Å². The maximum absolute atomic E-state index is 11.7.